The third-order valence-corrected chi connectivity index (χ3v) is 5.81. The highest BCUT2D eigenvalue weighted by molar-refractivity contribution is 5.86. The minimum Gasteiger partial charge on any atom is -0.340 e. The second kappa shape index (κ2) is 5.01. The van der Waals surface area contributed by atoms with Gasteiger partial charge in [-0.15, -0.1) is 19.7 Å². The first-order valence-corrected chi connectivity index (χ1v) is 8.26. The van der Waals surface area contributed by atoms with E-state index in [9.17, 15) is 0 Å². The van der Waals surface area contributed by atoms with E-state index in [2.05, 4.69) is 60.7 Å². The molecule has 1 fully saturated rings. The van der Waals surface area contributed by atoms with Crippen molar-refractivity contribution in [2.24, 2.45) is 17.8 Å². The molecule has 0 aliphatic heterocycles. The molecule has 1 heterocycles. The van der Waals surface area contributed by atoms with Crippen molar-refractivity contribution in [2.75, 3.05) is 0 Å². The summed E-state index contributed by atoms with van der Waals surface area (Å²) in [6.07, 6.45) is 8.76. The summed E-state index contributed by atoms with van der Waals surface area (Å²) in [6.45, 7) is 13.1. The van der Waals surface area contributed by atoms with E-state index >= 15 is 0 Å². The number of allylic oxidation sites excluding steroid dienone is 3. The predicted octanol–water partition coefficient (Wildman–Crippen LogP) is 5.09. The number of hydrogen-bond donors (Lipinski definition) is 0. The van der Waals surface area contributed by atoms with Crippen molar-refractivity contribution in [1.82, 2.24) is 4.57 Å². The lowest BCUT2D eigenvalue weighted by Gasteiger charge is -2.20. The Morgan fingerprint density at radius 3 is 2.59 bits per heavy atom. The van der Waals surface area contributed by atoms with Gasteiger partial charge in [-0.05, 0) is 42.2 Å². The Morgan fingerprint density at radius 1 is 1.09 bits per heavy atom. The molecule has 1 aromatic carbocycles. The second-order valence-corrected chi connectivity index (χ2v) is 6.71. The molecule has 2 aliphatic rings. The molecule has 0 amide bonds. The summed E-state index contributed by atoms with van der Waals surface area (Å²) >= 11 is 0. The van der Waals surface area contributed by atoms with E-state index < -0.39 is 0 Å². The van der Waals surface area contributed by atoms with E-state index in [4.69, 9.17) is 0 Å². The fraction of sp³-hybridized carbons (Fsp3) is 0.333. The summed E-state index contributed by atoms with van der Waals surface area (Å²) in [4.78, 5) is 0. The topological polar surface area (TPSA) is 4.93 Å². The molecule has 2 aliphatic carbocycles. The Hall–Kier alpha value is -2.02. The summed E-state index contributed by atoms with van der Waals surface area (Å²) in [5, 5.41) is 1.43. The Balaban J connectivity index is 1.96. The maximum absolute atomic E-state index is 4.11. The van der Waals surface area contributed by atoms with Gasteiger partial charge >= 0.3 is 0 Å². The number of para-hydroxylation sites is 1. The van der Waals surface area contributed by atoms with Crippen LogP contribution in [0.25, 0.3) is 10.9 Å². The van der Waals surface area contributed by atoms with Crippen molar-refractivity contribution in [1.29, 1.82) is 0 Å². The highest BCUT2D eigenvalue weighted by Gasteiger charge is 2.48. The summed E-state index contributed by atoms with van der Waals surface area (Å²) in [6, 6.07) is 8.82. The third-order valence-electron chi connectivity index (χ3n) is 5.81. The molecule has 0 saturated heterocycles. The van der Waals surface area contributed by atoms with Crippen LogP contribution in [0.1, 0.15) is 23.6 Å². The fourth-order valence-electron chi connectivity index (χ4n) is 4.97. The van der Waals surface area contributed by atoms with E-state index in [1.54, 1.807) is 11.3 Å². The summed E-state index contributed by atoms with van der Waals surface area (Å²) in [5.41, 5.74) is 4.46. The highest BCUT2D eigenvalue weighted by Crippen LogP contribution is 2.57. The molecule has 0 N–H and O–H groups in total. The van der Waals surface area contributed by atoms with Gasteiger partial charge in [-0.1, -0.05) is 36.4 Å². The average molecular weight is 289 g/mol. The van der Waals surface area contributed by atoms with E-state index in [-0.39, 0.29) is 0 Å². The van der Waals surface area contributed by atoms with Crippen LogP contribution in [0.5, 0.6) is 0 Å². The van der Waals surface area contributed by atoms with Gasteiger partial charge in [-0.2, -0.15) is 0 Å². The average Bonchev–Trinajstić information content (AvgIpc) is 3.17. The molecule has 0 radical (unpaired) electrons. The van der Waals surface area contributed by atoms with Gasteiger partial charge in [0.25, 0.3) is 0 Å². The largest absolute Gasteiger partial charge is 0.340 e. The molecule has 4 rings (SSSR count). The molecule has 1 saturated carbocycles. The maximum atomic E-state index is 4.11. The Morgan fingerprint density at radius 2 is 1.86 bits per heavy atom. The van der Waals surface area contributed by atoms with Crippen molar-refractivity contribution >= 4 is 10.9 Å². The molecular weight excluding hydrogens is 266 g/mol. The van der Waals surface area contributed by atoms with Crippen molar-refractivity contribution in [3.63, 3.8) is 0 Å². The SMILES string of the molecule is C=CCn1c2c(c3ccccc31)C[C@H]1[C@@H]2[C@H](C=C)C[C@@H]1C=C. The van der Waals surface area contributed by atoms with Crippen LogP contribution >= 0.6 is 0 Å². The normalized spacial score (nSPS) is 29.3. The summed E-state index contributed by atoms with van der Waals surface area (Å²) in [5.74, 6) is 2.49. The Kier molecular flexibility index (Phi) is 3.11. The molecule has 0 unspecified atom stereocenters. The third kappa shape index (κ3) is 1.65. The van der Waals surface area contributed by atoms with Crippen molar-refractivity contribution in [3.05, 3.63) is 73.5 Å². The number of nitrogens with zero attached hydrogens (tertiary/aromatic N) is 1. The lowest BCUT2D eigenvalue weighted by molar-refractivity contribution is 0.431. The van der Waals surface area contributed by atoms with Crippen LogP contribution in [-0.4, -0.2) is 4.57 Å². The summed E-state index contributed by atoms with van der Waals surface area (Å²) < 4.78 is 2.49. The van der Waals surface area contributed by atoms with Crippen molar-refractivity contribution in [3.8, 4) is 0 Å². The first kappa shape index (κ1) is 13.6. The Labute approximate surface area is 132 Å². The molecule has 22 heavy (non-hydrogen) atoms. The Bertz CT molecular complexity index is 764. The number of benzene rings is 1. The number of hydrogen-bond acceptors (Lipinski definition) is 0. The zero-order valence-corrected chi connectivity index (χ0v) is 13.0. The summed E-state index contributed by atoms with van der Waals surface area (Å²) in [7, 11) is 0. The van der Waals surface area contributed by atoms with Gasteiger partial charge < -0.3 is 4.57 Å². The fourth-order valence-corrected chi connectivity index (χ4v) is 4.97. The van der Waals surface area contributed by atoms with E-state index in [1.807, 2.05) is 6.08 Å². The second-order valence-electron chi connectivity index (χ2n) is 6.71. The molecule has 1 aromatic heterocycles. The molecular formula is C21H23N. The van der Waals surface area contributed by atoms with Gasteiger partial charge in [0.2, 0.25) is 0 Å². The minimum atomic E-state index is 0.571. The van der Waals surface area contributed by atoms with Gasteiger partial charge in [0.15, 0.2) is 0 Å². The van der Waals surface area contributed by atoms with Gasteiger partial charge in [0.1, 0.15) is 0 Å². The van der Waals surface area contributed by atoms with Crippen LogP contribution in [0.15, 0.2) is 62.2 Å². The molecule has 1 nitrogen and oxygen atoms in total. The number of fused-ring (bicyclic) bond motifs is 5. The molecule has 4 atom stereocenters. The molecule has 2 aromatic rings. The molecule has 112 valence electrons. The predicted molar refractivity (Wildman–Crippen MR) is 94.1 cm³/mol. The van der Waals surface area contributed by atoms with E-state index in [1.165, 1.54) is 23.7 Å². The number of rotatable bonds is 4. The van der Waals surface area contributed by atoms with Gasteiger partial charge in [-0.3, -0.25) is 0 Å². The van der Waals surface area contributed by atoms with Crippen molar-refractivity contribution in [2.45, 2.75) is 25.3 Å². The van der Waals surface area contributed by atoms with E-state index in [0.717, 1.165) is 6.54 Å². The molecule has 1 heteroatoms. The van der Waals surface area contributed by atoms with Crippen LogP contribution in [-0.2, 0) is 13.0 Å². The zero-order valence-electron chi connectivity index (χ0n) is 13.0. The zero-order chi connectivity index (χ0) is 15.3. The van der Waals surface area contributed by atoms with Crippen LogP contribution in [0.3, 0.4) is 0 Å². The van der Waals surface area contributed by atoms with Crippen molar-refractivity contribution < 1.29 is 0 Å². The monoisotopic (exact) mass is 289 g/mol. The number of aromatic nitrogens is 1. The van der Waals surface area contributed by atoms with Crippen LogP contribution in [0, 0.1) is 17.8 Å². The molecule has 0 bridgehead atoms. The van der Waals surface area contributed by atoms with E-state index in [0.29, 0.717) is 23.7 Å². The lowest BCUT2D eigenvalue weighted by Crippen LogP contribution is -2.13. The first-order valence-electron chi connectivity index (χ1n) is 8.26. The van der Waals surface area contributed by atoms with Crippen LogP contribution in [0.2, 0.25) is 0 Å². The quantitative estimate of drug-likeness (QED) is 0.691. The lowest BCUT2D eigenvalue weighted by atomic mass is 9.89. The van der Waals surface area contributed by atoms with Gasteiger partial charge in [-0.25, -0.2) is 0 Å². The van der Waals surface area contributed by atoms with Gasteiger partial charge in [0.05, 0.1) is 0 Å². The smallest absolute Gasteiger partial charge is 0.0488 e. The van der Waals surface area contributed by atoms with Gasteiger partial charge in [0, 0.05) is 29.1 Å². The van der Waals surface area contributed by atoms with Crippen LogP contribution in [0.4, 0.5) is 0 Å². The van der Waals surface area contributed by atoms with Crippen LogP contribution < -0.4 is 0 Å². The highest BCUT2D eigenvalue weighted by atomic mass is 15.0. The minimum absolute atomic E-state index is 0.571. The molecule has 0 spiro atoms. The standard InChI is InChI=1S/C21H23N/c1-4-11-22-19-10-8-7-9-16(19)18-13-17-14(5-2)12-15(6-3)20(17)21(18)22/h4-10,14-15,17,20H,1-3,11-13H2/t14-,15+,17+,20-/m0/s1. The maximum Gasteiger partial charge on any atom is 0.0488 e. The first-order chi connectivity index (χ1) is 10.8.